The Labute approximate surface area is 121 Å². The Morgan fingerprint density at radius 3 is 1.77 bits per heavy atom. The zero-order valence-corrected chi connectivity index (χ0v) is 10.8. The average Bonchev–Trinajstić information content (AvgIpc) is 2.45. The molecule has 0 aliphatic carbocycles. The molecule has 0 amide bonds. The van der Waals surface area contributed by atoms with Gasteiger partial charge in [-0.05, 0) is 23.3 Å². The Hall–Kier alpha value is -2.05. The molecule has 0 N–H and O–H groups in total. The van der Waals surface area contributed by atoms with Crippen LogP contribution < -0.4 is 0 Å². The van der Waals surface area contributed by atoms with Gasteiger partial charge < -0.3 is 0 Å². The van der Waals surface area contributed by atoms with E-state index in [-0.39, 0.29) is 11.1 Å². The van der Waals surface area contributed by atoms with Crippen LogP contribution in [-0.2, 0) is 6.18 Å². The lowest BCUT2D eigenvalue weighted by molar-refractivity contribution is -0.182. The maximum atomic E-state index is 13.6. The van der Waals surface area contributed by atoms with Gasteiger partial charge in [0.25, 0.3) is 0 Å². The number of benzene rings is 2. The number of hydrogen-bond donors (Lipinski definition) is 0. The monoisotopic (exact) mass is 322 g/mol. The number of halogens is 7. The molecule has 0 radical (unpaired) electrons. The molecule has 0 saturated carbocycles. The minimum atomic E-state index is -5.08. The van der Waals surface area contributed by atoms with Crippen molar-refractivity contribution in [3.05, 3.63) is 59.7 Å². The maximum Gasteiger partial charge on any atom is 0.423 e. The fraction of sp³-hybridized carbons (Fsp3) is 0.200. The molecule has 2 aromatic carbocycles. The van der Waals surface area contributed by atoms with Gasteiger partial charge in [-0.25, -0.2) is 4.39 Å². The maximum absolute atomic E-state index is 13.6. The molecule has 0 aliphatic rings. The van der Waals surface area contributed by atoms with Crippen molar-refractivity contribution < 1.29 is 30.7 Å². The van der Waals surface area contributed by atoms with Crippen LogP contribution in [0.15, 0.2) is 48.5 Å². The van der Waals surface area contributed by atoms with Gasteiger partial charge in [0.1, 0.15) is 0 Å². The van der Waals surface area contributed by atoms with Crippen LogP contribution in [0.5, 0.6) is 0 Å². The smallest absolute Gasteiger partial charge is 0.232 e. The van der Waals surface area contributed by atoms with Gasteiger partial charge in [-0.15, -0.1) is 0 Å². The summed E-state index contributed by atoms with van der Waals surface area (Å²) >= 11 is 0. The second kappa shape index (κ2) is 5.62. The summed E-state index contributed by atoms with van der Waals surface area (Å²) in [5.41, 5.74) is -1.58. The van der Waals surface area contributed by atoms with E-state index in [1.807, 2.05) is 0 Å². The quantitative estimate of drug-likeness (QED) is 0.600. The van der Waals surface area contributed by atoms with Crippen molar-refractivity contribution >= 4 is 0 Å². The molecule has 22 heavy (non-hydrogen) atoms. The van der Waals surface area contributed by atoms with Gasteiger partial charge in [0.05, 0.1) is 5.56 Å². The molecule has 0 spiro atoms. The van der Waals surface area contributed by atoms with Gasteiger partial charge in [0.15, 0.2) is 0 Å². The highest BCUT2D eigenvalue weighted by Gasteiger charge is 2.42. The SMILES string of the molecule is FC(c1ccccc1-c1ccc(C(F)(F)F)cc1)C(F)(F)F. The van der Waals surface area contributed by atoms with Crippen LogP contribution in [0, 0.1) is 0 Å². The Balaban J connectivity index is 2.46. The van der Waals surface area contributed by atoms with Crippen LogP contribution in [0.1, 0.15) is 17.3 Å². The first-order valence-corrected chi connectivity index (χ1v) is 6.08. The molecule has 0 aliphatic heterocycles. The largest absolute Gasteiger partial charge is 0.423 e. The summed E-state index contributed by atoms with van der Waals surface area (Å²) in [6.07, 6.45) is -12.8. The van der Waals surface area contributed by atoms with Gasteiger partial charge in [-0.1, -0.05) is 36.4 Å². The summed E-state index contributed by atoms with van der Waals surface area (Å²) in [7, 11) is 0. The summed E-state index contributed by atoms with van der Waals surface area (Å²) in [5, 5.41) is 0. The molecule has 0 saturated heterocycles. The lowest BCUT2D eigenvalue weighted by Crippen LogP contribution is -2.17. The third-order valence-corrected chi connectivity index (χ3v) is 3.04. The van der Waals surface area contributed by atoms with Gasteiger partial charge in [0.2, 0.25) is 6.17 Å². The molecular weight excluding hydrogens is 313 g/mol. The highest BCUT2D eigenvalue weighted by atomic mass is 19.4. The van der Waals surface area contributed by atoms with Gasteiger partial charge in [-0.2, -0.15) is 26.3 Å². The van der Waals surface area contributed by atoms with E-state index < -0.39 is 29.7 Å². The third-order valence-electron chi connectivity index (χ3n) is 3.04. The summed E-state index contributed by atoms with van der Waals surface area (Å²) in [6, 6.07) is 8.34. The van der Waals surface area contributed by atoms with Crippen molar-refractivity contribution in [3.63, 3.8) is 0 Å². The molecular formula is C15H9F7. The van der Waals surface area contributed by atoms with Crippen molar-refractivity contribution in [2.45, 2.75) is 18.5 Å². The molecule has 1 unspecified atom stereocenters. The van der Waals surface area contributed by atoms with Crippen molar-refractivity contribution in [1.82, 2.24) is 0 Å². The molecule has 1 atom stereocenters. The predicted octanol–water partition coefficient (Wildman–Crippen LogP) is 5.95. The first-order valence-electron chi connectivity index (χ1n) is 6.08. The summed E-state index contributed by atoms with van der Waals surface area (Å²) in [6.45, 7) is 0. The zero-order valence-electron chi connectivity index (χ0n) is 10.8. The second-order valence-corrected chi connectivity index (χ2v) is 4.57. The van der Waals surface area contributed by atoms with Crippen LogP contribution in [0.3, 0.4) is 0 Å². The van der Waals surface area contributed by atoms with E-state index in [0.717, 1.165) is 30.3 Å². The normalized spacial score (nSPS) is 14.0. The molecule has 0 aromatic heterocycles. The Bertz CT molecular complexity index is 638. The summed E-state index contributed by atoms with van der Waals surface area (Å²) in [5.74, 6) is 0. The van der Waals surface area contributed by atoms with Crippen LogP contribution in [0.4, 0.5) is 30.7 Å². The lowest BCUT2D eigenvalue weighted by Gasteiger charge is -2.17. The minimum absolute atomic E-state index is 0.0792. The van der Waals surface area contributed by atoms with Crippen molar-refractivity contribution in [2.75, 3.05) is 0 Å². The van der Waals surface area contributed by atoms with E-state index in [9.17, 15) is 30.7 Å². The third kappa shape index (κ3) is 3.40. The first-order chi connectivity index (χ1) is 10.1. The topological polar surface area (TPSA) is 0 Å². The van der Waals surface area contributed by atoms with E-state index in [4.69, 9.17) is 0 Å². The summed E-state index contributed by atoms with van der Waals surface area (Å²) in [4.78, 5) is 0. The van der Waals surface area contributed by atoms with Crippen LogP contribution >= 0.6 is 0 Å². The molecule has 2 rings (SSSR count). The molecule has 7 heteroatoms. The lowest BCUT2D eigenvalue weighted by atomic mass is 9.96. The first kappa shape index (κ1) is 16.3. The average molecular weight is 322 g/mol. The van der Waals surface area contributed by atoms with E-state index in [2.05, 4.69) is 0 Å². The van der Waals surface area contributed by atoms with Crippen molar-refractivity contribution in [1.29, 1.82) is 0 Å². The number of rotatable bonds is 2. The fourth-order valence-electron chi connectivity index (χ4n) is 2.00. The molecule has 0 nitrogen and oxygen atoms in total. The van der Waals surface area contributed by atoms with Gasteiger partial charge in [0, 0.05) is 5.56 Å². The Kier molecular flexibility index (Phi) is 4.17. The van der Waals surface area contributed by atoms with E-state index in [1.54, 1.807) is 0 Å². The Morgan fingerprint density at radius 2 is 1.27 bits per heavy atom. The molecule has 0 bridgehead atoms. The van der Waals surface area contributed by atoms with E-state index in [1.165, 1.54) is 18.2 Å². The molecule has 118 valence electrons. The Morgan fingerprint density at radius 1 is 0.727 bits per heavy atom. The minimum Gasteiger partial charge on any atom is -0.232 e. The van der Waals surface area contributed by atoms with E-state index >= 15 is 0 Å². The molecule has 0 heterocycles. The highest BCUT2D eigenvalue weighted by Crippen LogP contribution is 2.40. The van der Waals surface area contributed by atoms with Crippen LogP contribution in [0.25, 0.3) is 11.1 Å². The van der Waals surface area contributed by atoms with Crippen LogP contribution in [-0.4, -0.2) is 6.18 Å². The molecule has 2 aromatic rings. The predicted molar refractivity (Wildman–Crippen MR) is 66.8 cm³/mol. The second-order valence-electron chi connectivity index (χ2n) is 4.57. The molecule has 0 fully saturated rings. The van der Waals surface area contributed by atoms with Crippen LogP contribution in [0.2, 0.25) is 0 Å². The summed E-state index contributed by atoms with van der Waals surface area (Å²) < 4.78 is 88.6. The standard InChI is InChI=1S/C15H9F7/c16-13(15(20,21)22)12-4-2-1-3-11(12)9-5-7-10(8-6-9)14(17,18)19/h1-8,13H. The van der Waals surface area contributed by atoms with Crippen molar-refractivity contribution in [3.8, 4) is 11.1 Å². The van der Waals surface area contributed by atoms with Gasteiger partial charge >= 0.3 is 12.4 Å². The fourth-order valence-corrected chi connectivity index (χ4v) is 2.00. The zero-order chi connectivity index (χ0) is 16.5. The van der Waals surface area contributed by atoms with Crippen molar-refractivity contribution in [2.24, 2.45) is 0 Å². The van der Waals surface area contributed by atoms with E-state index in [0.29, 0.717) is 0 Å². The highest BCUT2D eigenvalue weighted by molar-refractivity contribution is 5.68. The number of alkyl halides is 7. The number of hydrogen-bond acceptors (Lipinski definition) is 0. The van der Waals surface area contributed by atoms with Gasteiger partial charge in [-0.3, -0.25) is 0 Å².